The number of hydrogen-bond donors (Lipinski definition) is 0. The average molecular weight is 129 g/mol. The van der Waals surface area contributed by atoms with E-state index in [1.54, 1.807) is 0 Å². The third-order valence-corrected chi connectivity index (χ3v) is 2.30. The fourth-order valence-electron chi connectivity index (χ4n) is 0.789. The summed E-state index contributed by atoms with van der Waals surface area (Å²) in [5.74, 6) is 0. The molecule has 0 unspecified atom stereocenters. The second kappa shape index (κ2) is 2.44. The predicted octanol–water partition coefficient (Wildman–Crippen LogP) is 1.87. The molecule has 0 spiro atoms. The predicted molar refractivity (Wildman–Crippen MR) is 38.6 cm³/mol. The van der Waals surface area contributed by atoms with Crippen molar-refractivity contribution < 1.29 is 0 Å². The van der Waals surface area contributed by atoms with Gasteiger partial charge in [-0.3, -0.25) is 0 Å². The molecular formula is C6H11NS. The summed E-state index contributed by atoms with van der Waals surface area (Å²) in [4.78, 5) is 2.31. The Labute approximate surface area is 54.8 Å². The first-order chi connectivity index (χ1) is 3.84. The number of rotatable bonds is 1. The van der Waals surface area contributed by atoms with Gasteiger partial charge in [0.05, 0.1) is 5.37 Å². The minimum absolute atomic E-state index is 0.667. The Bertz CT molecular complexity index is 101. The third kappa shape index (κ3) is 0.996. The highest BCUT2D eigenvalue weighted by Gasteiger charge is 2.10. The first kappa shape index (κ1) is 6.02. The van der Waals surface area contributed by atoms with Crippen molar-refractivity contribution >= 4 is 11.8 Å². The summed E-state index contributed by atoms with van der Waals surface area (Å²) < 4.78 is 0. The van der Waals surface area contributed by atoms with Crippen LogP contribution in [0.25, 0.3) is 0 Å². The van der Waals surface area contributed by atoms with Gasteiger partial charge >= 0.3 is 0 Å². The Morgan fingerprint density at radius 2 is 2.50 bits per heavy atom. The molecule has 2 heteroatoms. The van der Waals surface area contributed by atoms with Crippen LogP contribution in [0.3, 0.4) is 0 Å². The van der Waals surface area contributed by atoms with Crippen LogP contribution in [0, 0.1) is 0 Å². The van der Waals surface area contributed by atoms with Gasteiger partial charge in [-0.2, -0.15) is 0 Å². The van der Waals surface area contributed by atoms with Crippen molar-refractivity contribution in [3.63, 3.8) is 0 Å². The van der Waals surface area contributed by atoms with Gasteiger partial charge in [0.25, 0.3) is 0 Å². The lowest BCUT2D eigenvalue weighted by molar-refractivity contribution is 0.398. The molecule has 1 heterocycles. The molecular weight excluding hydrogens is 118 g/mol. The standard InChI is InChI=1S/C6H11NS/c1-3-7-4-5-8-6(7)2/h4-6H,3H2,1-2H3/t6-/m0/s1. The molecule has 0 radical (unpaired) electrons. The summed E-state index contributed by atoms with van der Waals surface area (Å²) in [7, 11) is 0. The van der Waals surface area contributed by atoms with E-state index in [0.29, 0.717) is 5.37 Å². The van der Waals surface area contributed by atoms with Gasteiger partial charge in [0.15, 0.2) is 0 Å². The zero-order valence-electron chi connectivity index (χ0n) is 5.29. The molecule has 46 valence electrons. The molecule has 1 aliphatic heterocycles. The van der Waals surface area contributed by atoms with Crippen molar-refractivity contribution in [2.75, 3.05) is 6.54 Å². The third-order valence-electron chi connectivity index (χ3n) is 1.36. The molecule has 0 saturated carbocycles. The highest BCUT2D eigenvalue weighted by atomic mass is 32.2. The molecule has 8 heavy (non-hydrogen) atoms. The Balaban J connectivity index is 2.41. The van der Waals surface area contributed by atoms with E-state index in [0.717, 1.165) is 6.54 Å². The van der Waals surface area contributed by atoms with E-state index in [2.05, 4.69) is 30.4 Å². The minimum Gasteiger partial charge on any atom is -0.365 e. The van der Waals surface area contributed by atoms with E-state index in [1.807, 2.05) is 11.8 Å². The molecule has 1 nitrogen and oxygen atoms in total. The molecule has 0 aliphatic carbocycles. The van der Waals surface area contributed by atoms with Crippen LogP contribution >= 0.6 is 11.8 Å². The van der Waals surface area contributed by atoms with E-state index in [9.17, 15) is 0 Å². The maximum Gasteiger partial charge on any atom is 0.0757 e. The van der Waals surface area contributed by atoms with Gasteiger partial charge in [0, 0.05) is 12.7 Å². The first-order valence-corrected chi connectivity index (χ1v) is 3.86. The second-order valence-corrected chi connectivity index (χ2v) is 3.08. The second-order valence-electron chi connectivity index (χ2n) is 1.85. The van der Waals surface area contributed by atoms with Gasteiger partial charge in [-0.25, -0.2) is 0 Å². The summed E-state index contributed by atoms with van der Waals surface area (Å²) >= 11 is 1.88. The van der Waals surface area contributed by atoms with Crippen LogP contribution in [0.4, 0.5) is 0 Å². The SMILES string of the molecule is CCN1C=CS[C@H]1C. The maximum absolute atomic E-state index is 2.31. The molecule has 0 N–H and O–H groups in total. The molecule has 0 saturated heterocycles. The Kier molecular flexibility index (Phi) is 1.84. The molecule has 0 fully saturated rings. The number of thioether (sulfide) groups is 1. The molecule has 1 aliphatic rings. The van der Waals surface area contributed by atoms with Crippen molar-refractivity contribution in [2.45, 2.75) is 19.2 Å². The molecule has 0 aromatic heterocycles. The van der Waals surface area contributed by atoms with Crippen LogP contribution in [0.1, 0.15) is 13.8 Å². The Hall–Kier alpha value is -0.110. The topological polar surface area (TPSA) is 3.24 Å². The van der Waals surface area contributed by atoms with Crippen molar-refractivity contribution in [3.05, 3.63) is 11.6 Å². The van der Waals surface area contributed by atoms with Crippen LogP contribution in [0.15, 0.2) is 11.6 Å². The quantitative estimate of drug-likeness (QED) is 0.531. The van der Waals surface area contributed by atoms with E-state index in [4.69, 9.17) is 0 Å². The molecule has 0 amide bonds. The minimum atomic E-state index is 0.667. The lowest BCUT2D eigenvalue weighted by Crippen LogP contribution is -2.20. The van der Waals surface area contributed by atoms with Gasteiger partial charge in [0.1, 0.15) is 0 Å². The van der Waals surface area contributed by atoms with E-state index < -0.39 is 0 Å². The van der Waals surface area contributed by atoms with Gasteiger partial charge in [0.2, 0.25) is 0 Å². The fraction of sp³-hybridized carbons (Fsp3) is 0.667. The van der Waals surface area contributed by atoms with Crippen LogP contribution in [-0.2, 0) is 0 Å². The van der Waals surface area contributed by atoms with Crippen LogP contribution in [0.2, 0.25) is 0 Å². The van der Waals surface area contributed by atoms with Crippen LogP contribution < -0.4 is 0 Å². The molecule has 0 aromatic rings. The molecule has 1 rings (SSSR count). The summed E-state index contributed by atoms with van der Waals surface area (Å²) in [5.41, 5.74) is 0. The largest absolute Gasteiger partial charge is 0.365 e. The maximum atomic E-state index is 2.31. The first-order valence-electron chi connectivity index (χ1n) is 2.92. The van der Waals surface area contributed by atoms with Crippen LogP contribution in [0.5, 0.6) is 0 Å². The van der Waals surface area contributed by atoms with Crippen molar-refractivity contribution in [3.8, 4) is 0 Å². The van der Waals surface area contributed by atoms with Crippen LogP contribution in [-0.4, -0.2) is 16.8 Å². The van der Waals surface area contributed by atoms with Gasteiger partial charge in [-0.1, -0.05) is 0 Å². The summed E-state index contributed by atoms with van der Waals surface area (Å²) in [6.07, 6.45) is 2.15. The Morgan fingerprint density at radius 1 is 1.75 bits per heavy atom. The van der Waals surface area contributed by atoms with E-state index in [1.165, 1.54) is 0 Å². The fourth-order valence-corrected chi connectivity index (χ4v) is 1.62. The summed E-state index contributed by atoms with van der Waals surface area (Å²) in [6.45, 7) is 5.52. The monoisotopic (exact) mass is 129 g/mol. The van der Waals surface area contributed by atoms with Gasteiger partial charge in [-0.15, -0.1) is 11.8 Å². The highest BCUT2D eigenvalue weighted by molar-refractivity contribution is 8.02. The summed E-state index contributed by atoms with van der Waals surface area (Å²) in [5, 5.41) is 2.81. The zero-order valence-corrected chi connectivity index (χ0v) is 6.11. The molecule has 0 bridgehead atoms. The number of nitrogens with zero attached hydrogens (tertiary/aromatic N) is 1. The highest BCUT2D eigenvalue weighted by Crippen LogP contribution is 2.23. The molecule has 1 atom stereocenters. The van der Waals surface area contributed by atoms with Crippen molar-refractivity contribution in [1.29, 1.82) is 0 Å². The lowest BCUT2D eigenvalue weighted by atomic mass is 10.5. The van der Waals surface area contributed by atoms with Crippen molar-refractivity contribution in [1.82, 2.24) is 4.90 Å². The van der Waals surface area contributed by atoms with E-state index >= 15 is 0 Å². The summed E-state index contributed by atoms with van der Waals surface area (Å²) in [6, 6.07) is 0. The van der Waals surface area contributed by atoms with Crippen molar-refractivity contribution in [2.24, 2.45) is 0 Å². The van der Waals surface area contributed by atoms with E-state index in [-0.39, 0.29) is 0 Å². The average Bonchev–Trinajstić information content (AvgIpc) is 2.14. The van der Waals surface area contributed by atoms with Gasteiger partial charge in [-0.05, 0) is 19.3 Å². The zero-order chi connectivity index (χ0) is 5.98. The normalized spacial score (nSPS) is 27.2. The van der Waals surface area contributed by atoms with Gasteiger partial charge < -0.3 is 4.90 Å². The smallest absolute Gasteiger partial charge is 0.0757 e. The lowest BCUT2D eigenvalue weighted by Gasteiger charge is -2.17. The Morgan fingerprint density at radius 3 is 2.75 bits per heavy atom. The molecule has 0 aromatic carbocycles. The number of hydrogen-bond acceptors (Lipinski definition) is 2.